The third-order valence-electron chi connectivity index (χ3n) is 7.84. The van der Waals surface area contributed by atoms with E-state index in [1.54, 1.807) is 32.0 Å². The van der Waals surface area contributed by atoms with Crippen molar-refractivity contribution >= 4 is 24.4 Å². The number of cyclic esters (lactones) is 3. The normalized spacial score (nSPS) is 19.7. The summed E-state index contributed by atoms with van der Waals surface area (Å²) >= 11 is 0. The van der Waals surface area contributed by atoms with Crippen LogP contribution in [-0.2, 0) is 97.9 Å². The Morgan fingerprint density at radius 3 is 1.61 bits per heavy atom. The van der Waals surface area contributed by atoms with Gasteiger partial charge in [0.1, 0.15) is 18.3 Å². The Labute approximate surface area is 400 Å². The summed E-state index contributed by atoms with van der Waals surface area (Å²) in [6, 6.07) is 0. The predicted octanol–water partition coefficient (Wildman–Crippen LogP) is 5.07. The number of alkyl carbamates (subject to hydrolysis) is 2. The molecule has 6 unspecified atom stereocenters. The molecule has 4 fully saturated rings. The summed E-state index contributed by atoms with van der Waals surface area (Å²) < 4.78 is 24.4. The molecule has 16 nitrogen and oxygen atoms in total. The van der Waals surface area contributed by atoms with Crippen molar-refractivity contribution in [1.82, 2.24) is 20.4 Å². The van der Waals surface area contributed by atoms with E-state index < -0.39 is 18.3 Å². The number of nitrogens with one attached hydrogen (secondary N) is 2. The summed E-state index contributed by atoms with van der Waals surface area (Å²) in [6.07, 6.45) is 13.6. The second-order valence-electron chi connectivity index (χ2n) is 12.8. The van der Waals surface area contributed by atoms with E-state index in [0.717, 1.165) is 45.1 Å². The first-order chi connectivity index (χ1) is 25.8. The molecule has 5 N–H and O–H groups in total. The van der Waals surface area contributed by atoms with Gasteiger partial charge in [-0.3, -0.25) is 0 Å². The number of carbonyl (C=O) groups excluding carboxylic acids is 4. The number of ether oxygens (including phenoxy) is 5. The molecule has 4 saturated heterocycles. The van der Waals surface area contributed by atoms with Crippen LogP contribution in [0.5, 0.6) is 0 Å². The number of aliphatic hydroxyl groups excluding tert-OH is 3. The van der Waals surface area contributed by atoms with Crippen LogP contribution in [0, 0.1) is 0 Å². The Bertz CT molecular complexity index is 1130. The number of hydrogen-bond acceptors (Lipinski definition) is 12. The number of rotatable bonds is 19. The number of carbonyl (C=O) groups is 4. The van der Waals surface area contributed by atoms with Gasteiger partial charge < -0.3 is 59.4 Å². The Morgan fingerprint density at radius 2 is 1.24 bits per heavy atom. The van der Waals surface area contributed by atoms with Crippen LogP contribution in [0.25, 0.3) is 0 Å². The number of epoxide rings is 1. The molecule has 4 radical (unpaired) electrons. The minimum Gasteiger partial charge on any atom is -0.450 e. The molecule has 6 atom stereocenters. The van der Waals surface area contributed by atoms with Crippen molar-refractivity contribution in [3.8, 4) is 0 Å². The van der Waals surface area contributed by atoms with Crippen molar-refractivity contribution in [3.63, 3.8) is 0 Å². The summed E-state index contributed by atoms with van der Waals surface area (Å²) in [5, 5.41) is 31.9. The maximum Gasteiger partial charge on any atom is 0.409 e. The molecule has 0 spiro atoms. The standard InChI is InChI=1S/C9H17NO3.C8H15NO4.C8H13NO2.C7H11NO2.C6H10O.CH4.4V/c1-3-5-6-8(11)7-10-9(12)13-4-2;1-9-4-7(13-8(9)12)3-2-6(11)5-10;1-3-4-5-7-6-9(2)8(10)11-7;1-2-3-4-6-5-8-7(9)10-6;1-2-3-4-6-5-7-6;;;;;/h3,8,11H,1,4-7H2,2H3,(H,10,12);6-7,10-11H,2-5H2,1H3;3,7H,1,4-6H2,2H3;2,6H,1,3-5H2,(H,8,9);2,6H,1,3-5H2;1H4;;;;. The van der Waals surface area contributed by atoms with Gasteiger partial charge in [-0.15, -0.1) is 26.3 Å². The van der Waals surface area contributed by atoms with Gasteiger partial charge in [0.05, 0.1) is 57.8 Å². The summed E-state index contributed by atoms with van der Waals surface area (Å²) in [7, 11) is 3.42. The van der Waals surface area contributed by atoms with Gasteiger partial charge in [0.2, 0.25) is 0 Å². The Morgan fingerprint density at radius 1 is 0.780 bits per heavy atom. The van der Waals surface area contributed by atoms with Crippen molar-refractivity contribution in [2.24, 2.45) is 0 Å². The van der Waals surface area contributed by atoms with E-state index in [2.05, 4.69) is 41.7 Å². The van der Waals surface area contributed by atoms with Gasteiger partial charge in [-0.25, -0.2) is 19.2 Å². The van der Waals surface area contributed by atoms with Crippen molar-refractivity contribution in [1.29, 1.82) is 0 Å². The Kier molecular flexibility index (Phi) is 51.7. The first-order valence-electron chi connectivity index (χ1n) is 18.5. The average molecular weight is 991 g/mol. The molecule has 4 amide bonds. The molecule has 20 heteroatoms. The quantitative estimate of drug-likeness (QED) is 0.0653. The van der Waals surface area contributed by atoms with Gasteiger partial charge in [-0.2, -0.15) is 0 Å². The van der Waals surface area contributed by atoms with Crippen molar-refractivity contribution < 1.29 is 132 Å². The maximum absolute atomic E-state index is 10.9. The first kappa shape index (κ1) is 68.9. The molecule has 338 valence electrons. The van der Waals surface area contributed by atoms with E-state index in [1.165, 1.54) is 11.3 Å². The van der Waals surface area contributed by atoms with Gasteiger partial charge in [0.25, 0.3) is 0 Å². The molecule has 0 aliphatic carbocycles. The van der Waals surface area contributed by atoms with Crippen molar-refractivity contribution in [2.45, 2.75) is 115 Å². The van der Waals surface area contributed by atoms with E-state index in [1.807, 2.05) is 18.2 Å². The van der Waals surface area contributed by atoms with E-state index >= 15 is 0 Å². The zero-order valence-electron chi connectivity index (χ0n) is 34.3. The third kappa shape index (κ3) is 38.9. The van der Waals surface area contributed by atoms with Crippen LogP contribution in [0.1, 0.15) is 78.6 Å². The third-order valence-corrected chi connectivity index (χ3v) is 7.84. The van der Waals surface area contributed by atoms with Crippen LogP contribution in [0.3, 0.4) is 0 Å². The number of hydrogen-bond donors (Lipinski definition) is 5. The van der Waals surface area contributed by atoms with Crippen LogP contribution in [-0.4, -0.2) is 146 Å². The van der Waals surface area contributed by atoms with Crippen LogP contribution in [0.2, 0.25) is 0 Å². The smallest absolute Gasteiger partial charge is 0.409 e. The number of allylic oxidation sites excluding steroid dienone is 4. The SMILES string of the molecule is C.C=CCCC(O)CNC(=O)OCC.C=CCCC1CN(C)C(=O)O1.C=CCCC1CNC(=O)O1.C=CCCC1CO1.CN1CC(CCC(O)CO)OC1=O.[V].[V].[V].[V]. The molecule has 0 aromatic heterocycles. The second kappa shape index (κ2) is 44.3. The zero-order chi connectivity index (χ0) is 40.7. The summed E-state index contributed by atoms with van der Waals surface area (Å²) in [6.45, 7) is 19.3. The maximum atomic E-state index is 10.9. The van der Waals surface area contributed by atoms with E-state index in [-0.39, 0.29) is 131 Å². The summed E-state index contributed by atoms with van der Waals surface area (Å²) in [4.78, 5) is 46.0. The first-order valence-corrected chi connectivity index (χ1v) is 18.5. The molecule has 4 heterocycles. The van der Waals surface area contributed by atoms with Crippen LogP contribution in [0.15, 0.2) is 50.6 Å². The van der Waals surface area contributed by atoms with Gasteiger partial charge in [-0.1, -0.05) is 31.7 Å². The summed E-state index contributed by atoms with van der Waals surface area (Å²) in [5.41, 5.74) is 0. The fraction of sp³-hybridized carbons (Fsp3) is 0.692. The van der Waals surface area contributed by atoms with Crippen LogP contribution >= 0.6 is 0 Å². The minimum absolute atomic E-state index is 0. The van der Waals surface area contributed by atoms with Gasteiger partial charge in [0, 0.05) is 94.9 Å². The van der Waals surface area contributed by atoms with E-state index in [0.29, 0.717) is 51.6 Å². The molecule has 4 rings (SSSR count). The molecule has 0 bridgehead atoms. The van der Waals surface area contributed by atoms with Gasteiger partial charge >= 0.3 is 24.4 Å². The molecular formula is C39H70N4O12V4. The van der Waals surface area contributed by atoms with Crippen molar-refractivity contribution in [3.05, 3.63) is 50.6 Å². The Hall–Kier alpha value is -1.78. The van der Waals surface area contributed by atoms with E-state index in [9.17, 15) is 24.3 Å². The number of likely N-dealkylation sites (N-methyl/N-ethyl adjacent to an activating group) is 2. The largest absolute Gasteiger partial charge is 0.450 e. The zero-order valence-corrected chi connectivity index (χ0v) is 39.9. The predicted molar refractivity (Wildman–Crippen MR) is 212 cm³/mol. The minimum atomic E-state index is -0.704. The Balaban J connectivity index is -0.000000147. The topological polar surface area (TPSA) is 209 Å². The fourth-order valence-electron chi connectivity index (χ4n) is 4.60. The number of amides is 4. The summed E-state index contributed by atoms with van der Waals surface area (Å²) in [5.74, 6) is 0. The molecule has 59 heavy (non-hydrogen) atoms. The van der Waals surface area contributed by atoms with Gasteiger partial charge in [-0.05, 0) is 71.1 Å². The molecule has 4 aliphatic rings. The molecule has 0 saturated carbocycles. The fourth-order valence-corrected chi connectivity index (χ4v) is 4.60. The van der Waals surface area contributed by atoms with E-state index in [4.69, 9.17) is 29.2 Å². The average Bonchev–Trinajstić information content (AvgIpc) is 3.68. The molecule has 0 aromatic rings. The van der Waals surface area contributed by atoms with Crippen molar-refractivity contribution in [2.75, 3.05) is 60.1 Å². The van der Waals surface area contributed by atoms with Crippen LogP contribution < -0.4 is 10.6 Å². The molecular weight excluding hydrogens is 920 g/mol. The number of nitrogens with zero attached hydrogens (tertiary/aromatic N) is 2. The molecule has 4 aliphatic heterocycles. The van der Waals surface area contributed by atoms with Crippen LogP contribution in [0.4, 0.5) is 19.2 Å². The monoisotopic (exact) mass is 990 g/mol. The second-order valence-corrected chi connectivity index (χ2v) is 12.8. The number of aliphatic hydroxyl groups is 3. The van der Waals surface area contributed by atoms with Gasteiger partial charge in [0.15, 0.2) is 0 Å². The molecule has 0 aromatic carbocycles.